The Hall–Kier alpha value is -1.35. The highest BCUT2D eigenvalue weighted by Crippen LogP contribution is 2.22. The Balaban J connectivity index is 2.54. The second-order valence-electron chi connectivity index (χ2n) is 6.07. The molecule has 0 amide bonds. The van der Waals surface area contributed by atoms with Crippen LogP contribution in [0.1, 0.15) is 33.3 Å². The Kier molecular flexibility index (Phi) is 5.55. The topological polar surface area (TPSA) is 49.3 Å². The van der Waals surface area contributed by atoms with Gasteiger partial charge >= 0.3 is 5.97 Å². The first-order chi connectivity index (χ1) is 8.84. The van der Waals surface area contributed by atoms with Crippen LogP contribution in [-0.4, -0.2) is 24.2 Å². The molecule has 0 spiro atoms. The number of carbonyl (C=O) groups is 1. The third-order valence-corrected chi connectivity index (χ3v) is 3.61. The van der Waals surface area contributed by atoms with Crippen molar-refractivity contribution in [1.29, 1.82) is 0 Å². The van der Waals surface area contributed by atoms with Crippen molar-refractivity contribution in [3.63, 3.8) is 0 Å². The third-order valence-electron chi connectivity index (χ3n) is 3.61. The molecule has 1 rings (SSSR count). The summed E-state index contributed by atoms with van der Waals surface area (Å²) in [6.07, 6.45) is 0. The zero-order valence-electron chi connectivity index (χ0n) is 12.3. The van der Waals surface area contributed by atoms with Gasteiger partial charge in [0.1, 0.15) is 0 Å². The van der Waals surface area contributed by atoms with Gasteiger partial charge in [-0.3, -0.25) is 4.79 Å². The first-order valence-corrected chi connectivity index (χ1v) is 6.83. The molecule has 0 aliphatic carbocycles. The lowest BCUT2D eigenvalue weighted by Crippen LogP contribution is -2.38. The fourth-order valence-corrected chi connectivity index (χ4v) is 2.14. The minimum Gasteiger partial charge on any atom is -0.481 e. The first-order valence-electron chi connectivity index (χ1n) is 6.83. The fourth-order valence-electron chi connectivity index (χ4n) is 2.14. The van der Waals surface area contributed by atoms with Crippen LogP contribution in [-0.2, 0) is 10.2 Å². The van der Waals surface area contributed by atoms with E-state index in [2.05, 4.69) is 31.3 Å². The van der Waals surface area contributed by atoms with E-state index in [-0.39, 0.29) is 17.3 Å². The van der Waals surface area contributed by atoms with Gasteiger partial charge < -0.3 is 10.4 Å². The smallest absolute Gasteiger partial charge is 0.308 e. The standard InChI is InChI=1S/C16H25NO2/c1-12(2)14(15(18)19)10-17-11-16(3,4)13-8-6-5-7-9-13/h5-9,12,14,17H,10-11H2,1-4H3,(H,18,19). The van der Waals surface area contributed by atoms with Gasteiger partial charge in [0.25, 0.3) is 0 Å². The summed E-state index contributed by atoms with van der Waals surface area (Å²) in [5.41, 5.74) is 1.26. The quantitative estimate of drug-likeness (QED) is 0.795. The zero-order valence-corrected chi connectivity index (χ0v) is 12.3. The van der Waals surface area contributed by atoms with Gasteiger partial charge in [-0.05, 0) is 11.5 Å². The van der Waals surface area contributed by atoms with Crippen molar-refractivity contribution >= 4 is 5.97 Å². The summed E-state index contributed by atoms with van der Waals surface area (Å²) in [4.78, 5) is 11.1. The summed E-state index contributed by atoms with van der Waals surface area (Å²) in [5.74, 6) is -0.906. The number of nitrogens with one attached hydrogen (secondary N) is 1. The maximum atomic E-state index is 11.1. The number of hydrogen-bond acceptors (Lipinski definition) is 2. The lowest BCUT2D eigenvalue weighted by atomic mass is 9.84. The number of hydrogen-bond donors (Lipinski definition) is 2. The number of carboxylic acids is 1. The molecule has 106 valence electrons. The Bertz CT molecular complexity index is 398. The van der Waals surface area contributed by atoms with Crippen molar-refractivity contribution in [2.24, 2.45) is 11.8 Å². The van der Waals surface area contributed by atoms with E-state index in [1.54, 1.807) is 0 Å². The fraction of sp³-hybridized carbons (Fsp3) is 0.562. The van der Waals surface area contributed by atoms with Crippen LogP contribution in [0, 0.1) is 11.8 Å². The van der Waals surface area contributed by atoms with E-state index in [0.29, 0.717) is 6.54 Å². The molecule has 1 unspecified atom stereocenters. The number of aliphatic carboxylic acids is 1. The molecule has 19 heavy (non-hydrogen) atoms. The van der Waals surface area contributed by atoms with Gasteiger partial charge in [0.2, 0.25) is 0 Å². The maximum Gasteiger partial charge on any atom is 0.308 e. The van der Waals surface area contributed by atoms with Crippen LogP contribution in [0.4, 0.5) is 0 Å². The highest BCUT2D eigenvalue weighted by atomic mass is 16.4. The van der Waals surface area contributed by atoms with Crippen LogP contribution in [0.15, 0.2) is 30.3 Å². The van der Waals surface area contributed by atoms with E-state index in [9.17, 15) is 4.79 Å². The molecular formula is C16H25NO2. The molecule has 0 bridgehead atoms. The summed E-state index contributed by atoms with van der Waals surface area (Å²) in [7, 11) is 0. The molecule has 0 radical (unpaired) electrons. The predicted octanol–water partition coefficient (Wildman–Crippen LogP) is 2.91. The van der Waals surface area contributed by atoms with Crippen molar-refractivity contribution in [2.75, 3.05) is 13.1 Å². The minimum absolute atomic E-state index is 0.00128. The van der Waals surface area contributed by atoms with Gasteiger partial charge in [0, 0.05) is 18.5 Å². The Morgan fingerprint density at radius 3 is 2.32 bits per heavy atom. The van der Waals surface area contributed by atoms with Gasteiger partial charge in [-0.2, -0.15) is 0 Å². The lowest BCUT2D eigenvalue weighted by molar-refractivity contribution is -0.143. The summed E-state index contributed by atoms with van der Waals surface area (Å²) in [6, 6.07) is 10.3. The Morgan fingerprint density at radius 1 is 1.26 bits per heavy atom. The molecule has 0 aliphatic rings. The average Bonchev–Trinajstić information content (AvgIpc) is 2.34. The largest absolute Gasteiger partial charge is 0.481 e. The summed E-state index contributed by atoms with van der Waals surface area (Å²) >= 11 is 0. The van der Waals surface area contributed by atoms with Crippen LogP contribution in [0.5, 0.6) is 0 Å². The van der Waals surface area contributed by atoms with E-state index in [4.69, 9.17) is 5.11 Å². The average molecular weight is 263 g/mol. The van der Waals surface area contributed by atoms with E-state index >= 15 is 0 Å². The first kappa shape index (κ1) is 15.7. The summed E-state index contributed by atoms with van der Waals surface area (Å²) < 4.78 is 0. The summed E-state index contributed by atoms with van der Waals surface area (Å²) in [6.45, 7) is 9.52. The van der Waals surface area contributed by atoms with Gasteiger partial charge in [0.05, 0.1) is 5.92 Å². The molecule has 1 aromatic rings. The molecule has 0 aromatic heterocycles. The Labute approximate surface area is 116 Å². The number of benzene rings is 1. The van der Waals surface area contributed by atoms with Gasteiger partial charge in [0.15, 0.2) is 0 Å². The molecule has 3 heteroatoms. The van der Waals surface area contributed by atoms with Crippen LogP contribution < -0.4 is 5.32 Å². The molecular weight excluding hydrogens is 238 g/mol. The van der Waals surface area contributed by atoms with Crippen LogP contribution in [0.3, 0.4) is 0 Å². The second kappa shape index (κ2) is 6.71. The number of carboxylic acid groups (broad SMARTS) is 1. The molecule has 1 atom stereocenters. The molecule has 0 heterocycles. The van der Waals surface area contributed by atoms with E-state index in [0.717, 1.165) is 6.54 Å². The number of rotatable bonds is 7. The summed E-state index contributed by atoms with van der Waals surface area (Å²) in [5, 5.41) is 12.5. The van der Waals surface area contributed by atoms with Crippen molar-refractivity contribution in [2.45, 2.75) is 33.1 Å². The molecule has 0 fully saturated rings. The second-order valence-corrected chi connectivity index (χ2v) is 6.07. The maximum absolute atomic E-state index is 11.1. The van der Waals surface area contributed by atoms with Gasteiger partial charge in [-0.15, -0.1) is 0 Å². The molecule has 1 aromatic carbocycles. The van der Waals surface area contributed by atoms with Crippen molar-refractivity contribution in [3.05, 3.63) is 35.9 Å². The molecule has 0 aliphatic heterocycles. The normalized spacial score (nSPS) is 13.5. The van der Waals surface area contributed by atoms with Crippen molar-refractivity contribution in [3.8, 4) is 0 Å². The van der Waals surface area contributed by atoms with Crippen molar-refractivity contribution < 1.29 is 9.90 Å². The highest BCUT2D eigenvalue weighted by Gasteiger charge is 2.24. The van der Waals surface area contributed by atoms with Crippen LogP contribution >= 0.6 is 0 Å². The SMILES string of the molecule is CC(C)C(CNCC(C)(C)c1ccccc1)C(=O)O. The predicted molar refractivity (Wildman–Crippen MR) is 78.3 cm³/mol. The monoisotopic (exact) mass is 263 g/mol. The zero-order chi connectivity index (χ0) is 14.5. The highest BCUT2D eigenvalue weighted by molar-refractivity contribution is 5.70. The third kappa shape index (κ3) is 4.67. The molecule has 0 saturated carbocycles. The minimum atomic E-state index is -0.722. The van der Waals surface area contributed by atoms with E-state index in [1.165, 1.54) is 5.56 Å². The molecule has 0 saturated heterocycles. The lowest BCUT2D eigenvalue weighted by Gasteiger charge is -2.27. The van der Waals surface area contributed by atoms with Crippen LogP contribution in [0.2, 0.25) is 0 Å². The molecule has 3 nitrogen and oxygen atoms in total. The van der Waals surface area contributed by atoms with Crippen LogP contribution in [0.25, 0.3) is 0 Å². The Morgan fingerprint density at radius 2 is 1.84 bits per heavy atom. The van der Waals surface area contributed by atoms with E-state index in [1.807, 2.05) is 32.0 Å². The van der Waals surface area contributed by atoms with E-state index < -0.39 is 5.97 Å². The van der Waals surface area contributed by atoms with Gasteiger partial charge in [-0.1, -0.05) is 58.0 Å². The van der Waals surface area contributed by atoms with Crippen molar-refractivity contribution in [1.82, 2.24) is 5.32 Å². The molecule has 2 N–H and O–H groups in total. The van der Waals surface area contributed by atoms with Gasteiger partial charge in [-0.25, -0.2) is 0 Å².